The molecule has 2 fully saturated rings. The number of carboxylic acids is 1. The van der Waals surface area contributed by atoms with E-state index in [1.165, 1.54) is 11.9 Å². The lowest BCUT2D eigenvalue weighted by Gasteiger charge is -2.29. The number of nitrogens with one attached hydrogen (secondary N) is 1. The van der Waals surface area contributed by atoms with E-state index in [1.807, 2.05) is 24.3 Å². The number of hydrogen-bond donors (Lipinski definition) is 2. The van der Waals surface area contributed by atoms with Crippen molar-refractivity contribution >= 4 is 18.0 Å². The molecule has 33 heavy (non-hydrogen) atoms. The summed E-state index contributed by atoms with van der Waals surface area (Å²) in [6.07, 6.45) is 2.76. The molecule has 2 amide bonds. The summed E-state index contributed by atoms with van der Waals surface area (Å²) >= 11 is 0. The van der Waals surface area contributed by atoms with Gasteiger partial charge in [-0.1, -0.05) is 61.4 Å². The lowest BCUT2D eigenvalue weighted by molar-refractivity contribution is -0.151. The van der Waals surface area contributed by atoms with E-state index in [1.54, 1.807) is 0 Å². The number of fused-ring (bicyclic) bond motifs is 3. The van der Waals surface area contributed by atoms with E-state index < -0.39 is 23.6 Å². The Morgan fingerprint density at radius 1 is 1.06 bits per heavy atom. The average Bonchev–Trinajstić information content (AvgIpc) is 3.74. The highest BCUT2D eigenvalue weighted by atomic mass is 16.5. The molecule has 2 N–H and O–H groups in total. The maximum absolute atomic E-state index is 13.1. The van der Waals surface area contributed by atoms with Crippen LogP contribution in [0.1, 0.15) is 49.1 Å². The fraction of sp³-hybridized carbons (Fsp3) is 0.423. The van der Waals surface area contributed by atoms with Crippen LogP contribution in [0.2, 0.25) is 0 Å². The molecule has 0 aromatic heterocycles. The van der Waals surface area contributed by atoms with Gasteiger partial charge in [0.15, 0.2) is 0 Å². The normalized spacial score (nSPS) is 18.6. The van der Waals surface area contributed by atoms with E-state index >= 15 is 0 Å². The molecule has 172 valence electrons. The van der Waals surface area contributed by atoms with Crippen LogP contribution in [-0.2, 0) is 14.3 Å². The number of hydrogen-bond acceptors (Lipinski definition) is 4. The maximum atomic E-state index is 13.1. The molecular weight excluding hydrogens is 420 g/mol. The minimum absolute atomic E-state index is 0.0647. The van der Waals surface area contributed by atoms with Crippen LogP contribution in [0.15, 0.2) is 48.5 Å². The van der Waals surface area contributed by atoms with E-state index in [9.17, 15) is 19.5 Å². The summed E-state index contributed by atoms with van der Waals surface area (Å²) in [6.45, 7) is 0.166. The predicted octanol–water partition coefficient (Wildman–Crippen LogP) is 3.77. The molecule has 5 rings (SSSR count). The van der Waals surface area contributed by atoms with Gasteiger partial charge in [-0.2, -0.15) is 0 Å². The fourth-order valence-corrected chi connectivity index (χ4v) is 4.95. The van der Waals surface area contributed by atoms with Gasteiger partial charge in [0.25, 0.3) is 0 Å². The molecule has 1 atom stereocenters. The van der Waals surface area contributed by atoms with Crippen molar-refractivity contribution in [2.24, 2.45) is 5.92 Å². The molecule has 0 aliphatic heterocycles. The fourth-order valence-electron chi connectivity index (χ4n) is 4.95. The Kier molecular flexibility index (Phi) is 5.35. The van der Waals surface area contributed by atoms with Crippen molar-refractivity contribution in [3.63, 3.8) is 0 Å². The van der Waals surface area contributed by atoms with Gasteiger partial charge in [0.05, 0.1) is 0 Å². The van der Waals surface area contributed by atoms with Crippen LogP contribution in [0.5, 0.6) is 0 Å². The Bertz CT molecular complexity index is 1060. The molecule has 2 aromatic carbocycles. The second-order valence-electron chi connectivity index (χ2n) is 9.44. The van der Waals surface area contributed by atoms with Crippen LogP contribution in [0.3, 0.4) is 0 Å². The molecule has 7 nitrogen and oxygen atoms in total. The van der Waals surface area contributed by atoms with Gasteiger partial charge in [0.2, 0.25) is 5.91 Å². The Morgan fingerprint density at radius 3 is 2.15 bits per heavy atom. The minimum Gasteiger partial charge on any atom is -0.479 e. The third kappa shape index (κ3) is 3.96. The highest BCUT2D eigenvalue weighted by Gasteiger charge is 2.56. The molecule has 0 spiro atoms. The molecule has 0 saturated heterocycles. The largest absolute Gasteiger partial charge is 0.479 e. The zero-order valence-electron chi connectivity index (χ0n) is 18.6. The first-order valence-corrected chi connectivity index (χ1v) is 11.5. The van der Waals surface area contributed by atoms with Crippen LogP contribution in [0.25, 0.3) is 11.1 Å². The summed E-state index contributed by atoms with van der Waals surface area (Å²) < 4.78 is 5.61. The van der Waals surface area contributed by atoms with Crippen LogP contribution in [-0.4, -0.2) is 53.2 Å². The van der Waals surface area contributed by atoms with Gasteiger partial charge in [-0.25, -0.2) is 9.59 Å². The van der Waals surface area contributed by atoms with Gasteiger partial charge in [-0.15, -0.1) is 0 Å². The van der Waals surface area contributed by atoms with E-state index in [2.05, 4.69) is 29.6 Å². The summed E-state index contributed by atoms with van der Waals surface area (Å²) in [4.78, 5) is 38.8. The van der Waals surface area contributed by atoms with Crippen molar-refractivity contribution in [3.8, 4) is 11.1 Å². The van der Waals surface area contributed by atoms with E-state index in [-0.39, 0.29) is 18.4 Å². The predicted molar refractivity (Wildman–Crippen MR) is 122 cm³/mol. The standard InChI is InChI=1S/C26H28N2O5/c1-28(26(12-13-26)24(30)31)23(29)22(14-16-10-11-16)27-25(32)33-15-21-19-8-4-2-6-17(19)18-7-3-5-9-20(18)21/h2-9,16,21-22H,10-15H2,1H3,(H,27,32)(H,30,31). The first-order chi connectivity index (χ1) is 15.9. The number of amides is 2. The summed E-state index contributed by atoms with van der Waals surface area (Å²) in [5.74, 6) is -1.05. The lowest BCUT2D eigenvalue weighted by Crippen LogP contribution is -2.53. The highest BCUT2D eigenvalue weighted by molar-refractivity contribution is 5.93. The second-order valence-corrected chi connectivity index (χ2v) is 9.44. The molecule has 2 aromatic rings. The van der Waals surface area contributed by atoms with Crippen molar-refractivity contribution in [2.45, 2.75) is 49.6 Å². The second kappa shape index (κ2) is 8.21. The summed E-state index contributed by atoms with van der Waals surface area (Å²) in [6, 6.07) is 15.4. The van der Waals surface area contributed by atoms with Gasteiger partial charge in [-0.05, 0) is 47.4 Å². The van der Waals surface area contributed by atoms with Gasteiger partial charge < -0.3 is 20.1 Å². The molecular formula is C26H28N2O5. The maximum Gasteiger partial charge on any atom is 0.407 e. The van der Waals surface area contributed by atoms with Crippen molar-refractivity contribution < 1.29 is 24.2 Å². The van der Waals surface area contributed by atoms with Gasteiger partial charge >= 0.3 is 12.1 Å². The molecule has 0 bridgehead atoms. The van der Waals surface area contributed by atoms with E-state index in [4.69, 9.17) is 4.74 Å². The van der Waals surface area contributed by atoms with Crippen LogP contribution >= 0.6 is 0 Å². The Morgan fingerprint density at radius 2 is 1.64 bits per heavy atom. The minimum atomic E-state index is -1.14. The quantitative estimate of drug-likeness (QED) is 0.641. The number of likely N-dealkylation sites (N-methyl/N-ethyl adjacent to an activating group) is 1. The van der Waals surface area contributed by atoms with Gasteiger partial charge in [0, 0.05) is 13.0 Å². The zero-order valence-corrected chi connectivity index (χ0v) is 18.6. The number of carbonyl (C=O) groups is 3. The number of alkyl carbamates (subject to hydrolysis) is 1. The highest BCUT2D eigenvalue weighted by Crippen LogP contribution is 2.45. The molecule has 1 unspecified atom stereocenters. The van der Waals surface area contributed by atoms with Crippen LogP contribution < -0.4 is 5.32 Å². The Hall–Kier alpha value is -3.35. The Balaban J connectivity index is 1.26. The number of nitrogens with zero attached hydrogens (tertiary/aromatic N) is 1. The molecule has 0 radical (unpaired) electrons. The molecule has 3 aliphatic carbocycles. The first-order valence-electron chi connectivity index (χ1n) is 11.5. The molecule has 0 heterocycles. The molecule has 7 heteroatoms. The zero-order chi connectivity index (χ0) is 23.2. The molecule has 2 saturated carbocycles. The first kappa shape index (κ1) is 21.5. The number of carbonyl (C=O) groups excluding carboxylic acids is 2. The SMILES string of the molecule is CN(C(=O)C(CC1CC1)NC(=O)OCC1c2ccccc2-c2ccccc21)C1(C(=O)O)CC1. The van der Waals surface area contributed by atoms with Crippen molar-refractivity contribution in [3.05, 3.63) is 59.7 Å². The van der Waals surface area contributed by atoms with Crippen molar-refractivity contribution in [1.82, 2.24) is 10.2 Å². The third-order valence-electron chi connectivity index (χ3n) is 7.29. The van der Waals surface area contributed by atoms with E-state index in [0.717, 1.165) is 35.1 Å². The van der Waals surface area contributed by atoms with Crippen molar-refractivity contribution in [1.29, 1.82) is 0 Å². The smallest absolute Gasteiger partial charge is 0.407 e. The van der Waals surface area contributed by atoms with Gasteiger partial charge in [-0.3, -0.25) is 4.79 Å². The number of benzene rings is 2. The number of ether oxygens (including phenoxy) is 1. The number of aliphatic carboxylic acids is 1. The van der Waals surface area contributed by atoms with Crippen LogP contribution in [0, 0.1) is 5.92 Å². The lowest BCUT2D eigenvalue weighted by atomic mass is 9.98. The van der Waals surface area contributed by atoms with Crippen molar-refractivity contribution in [2.75, 3.05) is 13.7 Å². The monoisotopic (exact) mass is 448 g/mol. The van der Waals surface area contributed by atoms with E-state index in [0.29, 0.717) is 25.2 Å². The van der Waals surface area contributed by atoms with Crippen LogP contribution in [0.4, 0.5) is 4.79 Å². The summed E-state index contributed by atoms with van der Waals surface area (Å²) in [5.41, 5.74) is 3.40. The third-order valence-corrected chi connectivity index (χ3v) is 7.29. The summed E-state index contributed by atoms with van der Waals surface area (Å²) in [7, 11) is 1.52. The molecule has 3 aliphatic rings. The number of rotatable bonds is 8. The summed E-state index contributed by atoms with van der Waals surface area (Å²) in [5, 5.41) is 12.3. The Labute approximate surface area is 192 Å². The van der Waals surface area contributed by atoms with Gasteiger partial charge in [0.1, 0.15) is 18.2 Å². The number of carboxylic acid groups (broad SMARTS) is 1. The average molecular weight is 449 g/mol. The topological polar surface area (TPSA) is 95.9 Å².